The molecule has 0 radical (unpaired) electrons. The van der Waals surface area contributed by atoms with E-state index in [1.807, 2.05) is 36.1 Å². The molecule has 0 saturated carbocycles. The highest BCUT2D eigenvalue weighted by molar-refractivity contribution is 6.43. The molecular weight excluding hydrogens is 417 g/mol. The van der Waals surface area contributed by atoms with E-state index in [0.29, 0.717) is 18.7 Å². The first-order valence-corrected chi connectivity index (χ1v) is 9.68. The zero-order valence-electron chi connectivity index (χ0n) is 16.7. The largest absolute Gasteiger partial charge is 0.475 e. The summed E-state index contributed by atoms with van der Waals surface area (Å²) in [4.78, 5) is 18.7. The molecule has 166 valence electrons. The average Bonchev–Trinajstić information content (AvgIpc) is 3.02. The lowest BCUT2D eigenvalue weighted by molar-refractivity contribution is -0.140. The number of nitrogens with one attached hydrogen (secondary N) is 1. The van der Waals surface area contributed by atoms with Gasteiger partial charge in [-0.25, -0.2) is 4.39 Å². The van der Waals surface area contributed by atoms with Crippen LogP contribution in [-0.4, -0.2) is 58.4 Å². The first-order valence-electron chi connectivity index (χ1n) is 9.68. The lowest BCUT2D eigenvalue weighted by Crippen LogP contribution is -2.49. The Morgan fingerprint density at radius 2 is 2.10 bits per heavy atom. The van der Waals surface area contributed by atoms with Crippen LogP contribution >= 0.6 is 0 Å². The fourth-order valence-corrected chi connectivity index (χ4v) is 3.66. The molecule has 0 bridgehead atoms. The van der Waals surface area contributed by atoms with E-state index in [1.54, 1.807) is 6.34 Å². The third-order valence-corrected chi connectivity index (χ3v) is 5.37. The number of hydrogen-bond donors (Lipinski definition) is 3. The van der Waals surface area contributed by atoms with Gasteiger partial charge in [-0.05, 0) is 31.0 Å². The predicted octanol–water partition coefficient (Wildman–Crippen LogP) is 1.87. The Balaban J connectivity index is 1.59. The van der Waals surface area contributed by atoms with Gasteiger partial charge in [-0.2, -0.15) is 13.2 Å². The molecule has 1 aliphatic heterocycles. The number of rotatable bonds is 7. The molecule has 11 heteroatoms. The van der Waals surface area contributed by atoms with Gasteiger partial charge in [0.25, 0.3) is 0 Å². The van der Waals surface area contributed by atoms with Crippen molar-refractivity contribution < 1.29 is 32.4 Å². The molecule has 0 fully saturated rings. The topological polar surface area (TPSA) is 85.2 Å². The molecule has 1 amide bonds. The maximum absolute atomic E-state index is 13.5. The predicted molar refractivity (Wildman–Crippen MR) is 108 cm³/mol. The van der Waals surface area contributed by atoms with Crippen molar-refractivity contribution in [1.82, 2.24) is 10.2 Å². The summed E-state index contributed by atoms with van der Waals surface area (Å²) in [6, 6.07) is 2.33. The molecule has 6 nitrogen and oxygen atoms in total. The molecule has 1 aromatic rings. The lowest BCUT2D eigenvalue weighted by Gasteiger charge is -2.32. The van der Waals surface area contributed by atoms with Gasteiger partial charge in [0, 0.05) is 13.0 Å². The summed E-state index contributed by atoms with van der Waals surface area (Å²) in [6.07, 6.45) is 4.20. The Morgan fingerprint density at radius 1 is 1.35 bits per heavy atom. The van der Waals surface area contributed by atoms with E-state index in [0.717, 1.165) is 6.07 Å². The number of carbonyl (C=O) groups is 1. The van der Waals surface area contributed by atoms with Crippen LogP contribution in [-0.2, 0) is 17.4 Å². The smallest absolute Gasteiger partial charge is 0.426 e. The van der Waals surface area contributed by atoms with E-state index in [2.05, 4.69) is 10.3 Å². The van der Waals surface area contributed by atoms with Gasteiger partial charge in [-0.15, -0.1) is 0 Å². The molecule has 2 aliphatic rings. The maximum Gasteiger partial charge on any atom is 0.475 e. The lowest BCUT2D eigenvalue weighted by atomic mass is 9.75. The first kappa shape index (κ1) is 23.0. The van der Waals surface area contributed by atoms with Crippen LogP contribution in [0.2, 0.25) is 0 Å². The fourth-order valence-electron chi connectivity index (χ4n) is 3.66. The van der Waals surface area contributed by atoms with Gasteiger partial charge in [0.05, 0.1) is 23.9 Å². The Kier molecular flexibility index (Phi) is 6.56. The molecule has 0 aromatic heterocycles. The molecule has 2 unspecified atom stereocenters. The summed E-state index contributed by atoms with van der Waals surface area (Å²) >= 11 is 0. The highest BCUT2D eigenvalue weighted by Gasteiger charge is 2.39. The van der Waals surface area contributed by atoms with Crippen LogP contribution in [0.4, 0.5) is 17.6 Å². The molecule has 3 atom stereocenters. The third kappa shape index (κ3) is 5.34. The van der Waals surface area contributed by atoms with Crippen LogP contribution < -0.4 is 5.32 Å². The summed E-state index contributed by atoms with van der Waals surface area (Å²) < 4.78 is 52.1. The molecule has 3 rings (SSSR count). The summed E-state index contributed by atoms with van der Waals surface area (Å²) in [5.74, 6) is -3.19. The van der Waals surface area contributed by atoms with Gasteiger partial charge in [0.1, 0.15) is 11.4 Å². The highest BCUT2D eigenvalue weighted by atomic mass is 19.4. The summed E-state index contributed by atoms with van der Waals surface area (Å²) in [7, 11) is -2.01. The van der Waals surface area contributed by atoms with Crippen molar-refractivity contribution in [3.63, 3.8) is 0 Å². The Bertz CT molecular complexity index is 919. The summed E-state index contributed by atoms with van der Waals surface area (Å²) in [5, 5.41) is 21.6. The van der Waals surface area contributed by atoms with Gasteiger partial charge >= 0.3 is 13.3 Å². The normalized spacial score (nSPS) is 23.1. The van der Waals surface area contributed by atoms with Crippen LogP contribution in [0.5, 0.6) is 0 Å². The Morgan fingerprint density at radius 3 is 2.77 bits per heavy atom. The van der Waals surface area contributed by atoms with Crippen molar-refractivity contribution in [2.24, 2.45) is 4.99 Å². The van der Waals surface area contributed by atoms with Crippen molar-refractivity contribution in [2.45, 2.75) is 43.5 Å². The SMILES string of the molecule is CC12C=CC=CC1N(CCC(=O)N[C@@H](Cc1ccc(F)c(C(F)(F)F)c1)B(O)O)C=N2. The van der Waals surface area contributed by atoms with Gasteiger partial charge in [0.2, 0.25) is 5.91 Å². The molecule has 1 heterocycles. The van der Waals surface area contributed by atoms with Crippen molar-refractivity contribution in [3.8, 4) is 0 Å². The van der Waals surface area contributed by atoms with E-state index >= 15 is 0 Å². The van der Waals surface area contributed by atoms with E-state index in [4.69, 9.17) is 0 Å². The zero-order valence-corrected chi connectivity index (χ0v) is 16.7. The van der Waals surface area contributed by atoms with E-state index in [1.165, 1.54) is 0 Å². The number of hydrogen-bond acceptors (Lipinski definition) is 5. The number of nitrogens with zero attached hydrogens (tertiary/aromatic N) is 2. The number of fused-ring (bicyclic) bond motifs is 1. The number of benzene rings is 1. The van der Waals surface area contributed by atoms with Crippen LogP contribution in [0.15, 0.2) is 47.5 Å². The van der Waals surface area contributed by atoms with Gasteiger partial charge < -0.3 is 20.3 Å². The number of allylic oxidation sites excluding steroid dienone is 2. The van der Waals surface area contributed by atoms with Gasteiger partial charge in [-0.1, -0.05) is 30.4 Å². The second-order valence-electron chi connectivity index (χ2n) is 7.75. The molecular formula is C20H22BF4N3O3. The number of aliphatic imine (C=N–C) groups is 1. The van der Waals surface area contributed by atoms with Crippen LogP contribution in [0.3, 0.4) is 0 Å². The summed E-state index contributed by atoms with van der Waals surface area (Å²) in [6.45, 7) is 2.28. The maximum atomic E-state index is 13.5. The summed E-state index contributed by atoms with van der Waals surface area (Å²) in [5.41, 5.74) is -1.85. The first-order chi connectivity index (χ1) is 14.5. The van der Waals surface area contributed by atoms with Crippen LogP contribution in [0.25, 0.3) is 0 Å². The van der Waals surface area contributed by atoms with Crippen molar-refractivity contribution in [1.29, 1.82) is 0 Å². The minimum absolute atomic E-state index is 0.00805. The highest BCUT2D eigenvalue weighted by Crippen LogP contribution is 2.32. The zero-order chi connectivity index (χ0) is 22.8. The average molecular weight is 439 g/mol. The quantitative estimate of drug-likeness (QED) is 0.448. The Labute approximate surface area is 177 Å². The number of alkyl halides is 3. The second-order valence-corrected chi connectivity index (χ2v) is 7.75. The standard InChI is InChI=1S/C20H22BF4N3O3/c1-19-8-3-2-4-16(19)28(12-26-19)9-7-18(29)27-17(21(30)31)11-13-5-6-15(22)14(10-13)20(23,24)25/h2-6,8,10,12,16-17,30-31H,7,9,11H2,1H3,(H,27,29)/t16?,17-,19?/m0/s1. The second kappa shape index (κ2) is 8.84. The van der Waals surface area contributed by atoms with Crippen molar-refractivity contribution in [2.75, 3.05) is 6.54 Å². The van der Waals surface area contributed by atoms with E-state index < -0.39 is 42.1 Å². The van der Waals surface area contributed by atoms with Crippen LogP contribution in [0.1, 0.15) is 24.5 Å². The fraction of sp³-hybridized carbons (Fsp3) is 0.400. The van der Waals surface area contributed by atoms with Gasteiger partial charge in [-0.3, -0.25) is 9.79 Å². The molecule has 3 N–H and O–H groups in total. The molecule has 0 spiro atoms. The van der Waals surface area contributed by atoms with Gasteiger partial charge in [0.15, 0.2) is 0 Å². The monoisotopic (exact) mass is 439 g/mol. The molecule has 0 saturated heterocycles. The number of amides is 1. The molecule has 31 heavy (non-hydrogen) atoms. The molecule has 1 aliphatic carbocycles. The van der Waals surface area contributed by atoms with Crippen molar-refractivity contribution in [3.05, 3.63) is 59.4 Å². The number of carbonyl (C=O) groups excluding carboxylic acids is 1. The van der Waals surface area contributed by atoms with E-state index in [-0.39, 0.29) is 24.4 Å². The molecule has 1 aromatic carbocycles. The minimum Gasteiger partial charge on any atom is -0.426 e. The van der Waals surface area contributed by atoms with E-state index in [9.17, 15) is 32.4 Å². The van der Waals surface area contributed by atoms with Crippen LogP contribution in [0, 0.1) is 5.82 Å². The minimum atomic E-state index is -4.88. The third-order valence-electron chi connectivity index (χ3n) is 5.37. The van der Waals surface area contributed by atoms with Crippen molar-refractivity contribution >= 4 is 19.4 Å². The number of halogens is 4. The Hall–Kier alpha value is -2.66.